The quantitative estimate of drug-likeness (QED) is 0.520. The van der Waals surface area contributed by atoms with Crippen LogP contribution in [0.4, 0.5) is 5.69 Å². The largest absolute Gasteiger partial charge is 0.337 e. The number of non-ortho nitro benzene ring substituents is 1. The van der Waals surface area contributed by atoms with Crippen molar-refractivity contribution in [1.29, 1.82) is 0 Å². The Morgan fingerprint density at radius 3 is 2.59 bits per heavy atom. The number of hydrogen-bond acceptors (Lipinski definition) is 4. The molecule has 1 fully saturated rings. The Bertz CT molecular complexity index is 633. The van der Waals surface area contributed by atoms with Crippen molar-refractivity contribution < 1.29 is 14.5 Å². The van der Waals surface area contributed by atoms with Crippen LogP contribution in [0.5, 0.6) is 0 Å². The maximum absolute atomic E-state index is 12.4. The molecule has 22 heavy (non-hydrogen) atoms. The molecule has 1 aromatic carbocycles. The third-order valence-corrected chi connectivity index (χ3v) is 3.33. The number of benzene rings is 1. The van der Waals surface area contributed by atoms with Crippen molar-refractivity contribution in [3.05, 3.63) is 45.6 Å². The molecule has 1 aliphatic heterocycles. The first-order chi connectivity index (χ1) is 10.5. The highest BCUT2D eigenvalue weighted by atomic mass is 16.6. The van der Waals surface area contributed by atoms with E-state index < -0.39 is 4.92 Å². The van der Waals surface area contributed by atoms with Gasteiger partial charge in [0.1, 0.15) is 5.70 Å². The molecular weight excluding hydrogens is 286 g/mol. The van der Waals surface area contributed by atoms with Gasteiger partial charge in [-0.2, -0.15) is 0 Å². The van der Waals surface area contributed by atoms with Crippen LogP contribution in [0, 0.1) is 10.1 Å². The van der Waals surface area contributed by atoms with E-state index in [0.717, 1.165) is 12.8 Å². The summed E-state index contributed by atoms with van der Waals surface area (Å²) in [5, 5.41) is 13.3. The van der Waals surface area contributed by atoms with Crippen LogP contribution in [-0.2, 0) is 9.59 Å². The Kier molecular flexibility index (Phi) is 4.88. The molecule has 7 heteroatoms. The first-order valence-electron chi connectivity index (χ1n) is 7.00. The number of nitrogens with one attached hydrogen (secondary N) is 1. The minimum Gasteiger partial charge on any atom is -0.337 e. The molecular formula is C15H17N3O4. The van der Waals surface area contributed by atoms with Crippen LogP contribution in [0.15, 0.2) is 30.0 Å². The first kappa shape index (κ1) is 15.7. The molecule has 0 radical (unpaired) electrons. The van der Waals surface area contributed by atoms with E-state index in [2.05, 4.69) is 5.32 Å². The van der Waals surface area contributed by atoms with E-state index in [1.54, 1.807) is 11.0 Å². The Hall–Kier alpha value is -2.70. The maximum Gasteiger partial charge on any atom is 0.270 e. The number of nitro benzene ring substituents is 1. The lowest BCUT2D eigenvalue weighted by molar-refractivity contribution is -0.384. The molecule has 1 N–H and O–H groups in total. The number of carbonyl (C=O) groups is 2. The van der Waals surface area contributed by atoms with Crippen molar-refractivity contribution in [3.8, 4) is 0 Å². The number of rotatable bonds is 4. The lowest BCUT2D eigenvalue weighted by Crippen LogP contribution is -2.35. The normalized spacial score (nSPS) is 14.8. The van der Waals surface area contributed by atoms with E-state index in [1.807, 2.05) is 0 Å². The van der Waals surface area contributed by atoms with Crippen molar-refractivity contribution in [2.45, 2.75) is 19.8 Å². The Balaban J connectivity index is 2.31. The van der Waals surface area contributed by atoms with Gasteiger partial charge in [-0.05, 0) is 24.5 Å². The highest BCUT2D eigenvalue weighted by molar-refractivity contribution is 6.01. The Labute approximate surface area is 127 Å². The smallest absolute Gasteiger partial charge is 0.270 e. The fourth-order valence-electron chi connectivity index (χ4n) is 2.33. The average Bonchev–Trinajstić information content (AvgIpc) is 2.99. The summed E-state index contributed by atoms with van der Waals surface area (Å²) in [4.78, 5) is 35.7. The van der Waals surface area contributed by atoms with Gasteiger partial charge in [0, 0.05) is 32.1 Å². The van der Waals surface area contributed by atoms with Crippen molar-refractivity contribution >= 4 is 23.6 Å². The molecule has 116 valence electrons. The number of nitro groups is 1. The van der Waals surface area contributed by atoms with E-state index in [4.69, 9.17) is 0 Å². The van der Waals surface area contributed by atoms with Crippen molar-refractivity contribution in [1.82, 2.24) is 10.2 Å². The summed E-state index contributed by atoms with van der Waals surface area (Å²) in [7, 11) is 0. The SMILES string of the molecule is CC(=O)N/C(=C\c1cccc([N+](=O)[O-])c1)C(=O)N1CCCC1. The van der Waals surface area contributed by atoms with Crippen LogP contribution in [-0.4, -0.2) is 34.7 Å². The van der Waals surface area contributed by atoms with Crippen LogP contribution in [0.1, 0.15) is 25.3 Å². The number of nitrogens with zero attached hydrogens (tertiary/aromatic N) is 2. The van der Waals surface area contributed by atoms with Gasteiger partial charge in [0.15, 0.2) is 0 Å². The van der Waals surface area contributed by atoms with Crippen LogP contribution in [0.3, 0.4) is 0 Å². The summed E-state index contributed by atoms with van der Waals surface area (Å²) in [5.74, 6) is -0.622. The standard InChI is InChI=1S/C15H17N3O4/c1-11(19)16-14(15(20)17-7-2-3-8-17)10-12-5-4-6-13(9-12)18(21)22/h4-6,9-10H,2-3,7-8H2,1H3,(H,16,19)/b14-10-. The molecule has 0 aromatic heterocycles. The lowest BCUT2D eigenvalue weighted by atomic mass is 10.1. The zero-order chi connectivity index (χ0) is 16.1. The molecule has 1 heterocycles. The fraction of sp³-hybridized carbons (Fsp3) is 0.333. The summed E-state index contributed by atoms with van der Waals surface area (Å²) < 4.78 is 0. The number of carbonyl (C=O) groups excluding carboxylic acids is 2. The van der Waals surface area contributed by atoms with Gasteiger partial charge in [0.25, 0.3) is 11.6 Å². The molecule has 7 nitrogen and oxygen atoms in total. The van der Waals surface area contributed by atoms with Gasteiger partial charge >= 0.3 is 0 Å². The predicted octanol–water partition coefficient (Wildman–Crippen LogP) is 1.69. The molecule has 0 spiro atoms. The van der Waals surface area contributed by atoms with E-state index in [1.165, 1.54) is 31.2 Å². The summed E-state index contributed by atoms with van der Waals surface area (Å²) in [6.45, 7) is 2.63. The first-order valence-corrected chi connectivity index (χ1v) is 7.00. The Morgan fingerprint density at radius 1 is 1.32 bits per heavy atom. The summed E-state index contributed by atoms with van der Waals surface area (Å²) in [6, 6.07) is 5.92. The Morgan fingerprint density at radius 2 is 2.00 bits per heavy atom. The van der Waals surface area contributed by atoms with Crippen LogP contribution in [0.25, 0.3) is 6.08 Å². The number of hydrogen-bond donors (Lipinski definition) is 1. The summed E-state index contributed by atoms with van der Waals surface area (Å²) in [6.07, 6.45) is 3.35. The van der Waals surface area contributed by atoms with E-state index >= 15 is 0 Å². The van der Waals surface area contributed by atoms with Gasteiger partial charge in [-0.15, -0.1) is 0 Å². The minimum absolute atomic E-state index is 0.0652. The van der Waals surface area contributed by atoms with Crippen molar-refractivity contribution in [2.75, 3.05) is 13.1 Å². The van der Waals surface area contributed by atoms with E-state index in [9.17, 15) is 19.7 Å². The number of amides is 2. The molecule has 2 rings (SSSR count). The van der Waals surface area contributed by atoms with E-state index in [0.29, 0.717) is 18.7 Å². The predicted molar refractivity (Wildman–Crippen MR) is 80.7 cm³/mol. The molecule has 0 atom stereocenters. The molecule has 0 aliphatic carbocycles. The third-order valence-electron chi connectivity index (χ3n) is 3.33. The number of likely N-dealkylation sites (tertiary alicyclic amines) is 1. The van der Waals surface area contributed by atoms with Crippen LogP contribution in [0.2, 0.25) is 0 Å². The monoisotopic (exact) mass is 303 g/mol. The third kappa shape index (κ3) is 3.91. The van der Waals surface area contributed by atoms with E-state index in [-0.39, 0.29) is 23.2 Å². The second-order valence-electron chi connectivity index (χ2n) is 5.09. The second-order valence-corrected chi connectivity index (χ2v) is 5.09. The molecule has 1 saturated heterocycles. The van der Waals surface area contributed by atoms with Gasteiger partial charge in [-0.3, -0.25) is 19.7 Å². The second kappa shape index (κ2) is 6.84. The topological polar surface area (TPSA) is 92.5 Å². The molecule has 0 bridgehead atoms. The van der Waals surface area contributed by atoms with Gasteiger partial charge in [0.2, 0.25) is 5.91 Å². The molecule has 1 aliphatic rings. The van der Waals surface area contributed by atoms with Crippen molar-refractivity contribution in [2.24, 2.45) is 0 Å². The molecule has 1 aromatic rings. The molecule has 0 unspecified atom stereocenters. The fourth-order valence-corrected chi connectivity index (χ4v) is 2.33. The van der Waals surface area contributed by atoms with Gasteiger partial charge in [0.05, 0.1) is 4.92 Å². The highest BCUT2D eigenvalue weighted by Crippen LogP contribution is 2.17. The van der Waals surface area contributed by atoms with Crippen LogP contribution < -0.4 is 5.32 Å². The van der Waals surface area contributed by atoms with Gasteiger partial charge < -0.3 is 10.2 Å². The highest BCUT2D eigenvalue weighted by Gasteiger charge is 2.22. The van der Waals surface area contributed by atoms with Gasteiger partial charge in [-0.1, -0.05) is 12.1 Å². The molecule has 2 amide bonds. The van der Waals surface area contributed by atoms with Crippen LogP contribution >= 0.6 is 0 Å². The van der Waals surface area contributed by atoms with Crippen molar-refractivity contribution in [3.63, 3.8) is 0 Å². The summed E-state index contributed by atoms with van der Waals surface area (Å²) in [5.41, 5.74) is 0.560. The zero-order valence-electron chi connectivity index (χ0n) is 12.2. The maximum atomic E-state index is 12.4. The molecule has 0 saturated carbocycles. The lowest BCUT2D eigenvalue weighted by Gasteiger charge is -2.17. The van der Waals surface area contributed by atoms with Gasteiger partial charge in [-0.25, -0.2) is 0 Å². The summed E-state index contributed by atoms with van der Waals surface area (Å²) >= 11 is 0. The minimum atomic E-state index is -0.502. The average molecular weight is 303 g/mol. The zero-order valence-corrected chi connectivity index (χ0v) is 12.2.